The minimum atomic E-state index is -0.220. The summed E-state index contributed by atoms with van der Waals surface area (Å²) in [6, 6.07) is 6.24. The highest BCUT2D eigenvalue weighted by molar-refractivity contribution is 6.01. The Kier molecular flexibility index (Phi) is 5.31. The van der Waals surface area contributed by atoms with E-state index in [1.54, 1.807) is 4.90 Å². The third-order valence-electron chi connectivity index (χ3n) is 6.57. The number of likely N-dealkylation sites (tertiary alicyclic amines) is 1. The van der Waals surface area contributed by atoms with Crippen LogP contribution in [0, 0.1) is 31.6 Å². The second kappa shape index (κ2) is 7.20. The zero-order valence-corrected chi connectivity index (χ0v) is 16.3. The van der Waals surface area contributed by atoms with Crippen LogP contribution < -0.4 is 10.6 Å². The Morgan fingerprint density at radius 2 is 1.92 bits per heavy atom. The van der Waals surface area contributed by atoms with Gasteiger partial charge in [-0.2, -0.15) is 0 Å². The fraction of sp³-hybridized carbons (Fsp3) is 0.600. The molecule has 2 amide bonds. The van der Waals surface area contributed by atoms with Gasteiger partial charge in [0.05, 0.1) is 5.92 Å². The Balaban J connectivity index is 0.00000196. The summed E-state index contributed by atoms with van der Waals surface area (Å²) in [5, 5.41) is 0. The summed E-state index contributed by atoms with van der Waals surface area (Å²) in [5.74, 6) is 0.996. The molecule has 2 heterocycles. The number of hydrogen-bond acceptors (Lipinski definition) is 3. The number of hydrogen-bond donors (Lipinski definition) is 1. The minimum Gasteiger partial charge on any atom is -0.342 e. The maximum atomic E-state index is 13.0. The molecule has 0 bridgehead atoms. The Morgan fingerprint density at radius 3 is 2.65 bits per heavy atom. The number of benzene rings is 1. The number of nitrogens with zero attached hydrogens (tertiary/aromatic N) is 2. The van der Waals surface area contributed by atoms with Crippen LogP contribution in [0.15, 0.2) is 18.2 Å². The molecule has 0 spiro atoms. The van der Waals surface area contributed by atoms with E-state index in [2.05, 4.69) is 0 Å². The molecule has 1 saturated carbocycles. The number of rotatable bonds is 2. The van der Waals surface area contributed by atoms with E-state index in [4.69, 9.17) is 5.73 Å². The summed E-state index contributed by atoms with van der Waals surface area (Å²) in [6.07, 6.45) is 2.54. The van der Waals surface area contributed by atoms with Crippen molar-refractivity contribution in [3.8, 4) is 0 Å². The second-order valence-corrected chi connectivity index (χ2v) is 8.03. The Bertz CT molecular complexity index is 723. The lowest BCUT2D eigenvalue weighted by Crippen LogP contribution is -2.38. The third-order valence-corrected chi connectivity index (χ3v) is 6.57. The highest BCUT2D eigenvalue weighted by atomic mass is 35.5. The summed E-state index contributed by atoms with van der Waals surface area (Å²) in [7, 11) is 0. The van der Waals surface area contributed by atoms with E-state index in [0.29, 0.717) is 24.8 Å². The maximum Gasteiger partial charge on any atom is 0.228 e. The molecule has 1 aliphatic carbocycles. The predicted octanol–water partition coefficient (Wildman–Crippen LogP) is 2.27. The van der Waals surface area contributed by atoms with Crippen molar-refractivity contribution in [1.29, 1.82) is 0 Å². The van der Waals surface area contributed by atoms with Crippen LogP contribution in [-0.2, 0) is 9.59 Å². The van der Waals surface area contributed by atoms with Crippen LogP contribution in [0.5, 0.6) is 0 Å². The molecule has 5 nitrogen and oxygen atoms in total. The van der Waals surface area contributed by atoms with Crippen LogP contribution >= 0.6 is 12.4 Å². The summed E-state index contributed by atoms with van der Waals surface area (Å²) >= 11 is 0. The van der Waals surface area contributed by atoms with Crippen LogP contribution in [0.25, 0.3) is 0 Å². The zero-order valence-electron chi connectivity index (χ0n) is 15.5. The number of carbonyl (C=O) groups excluding carboxylic acids is 2. The second-order valence-electron chi connectivity index (χ2n) is 8.03. The Labute approximate surface area is 161 Å². The lowest BCUT2D eigenvalue weighted by atomic mass is 9.98. The summed E-state index contributed by atoms with van der Waals surface area (Å²) < 4.78 is 0. The molecule has 142 valence electrons. The van der Waals surface area contributed by atoms with E-state index in [-0.39, 0.29) is 36.2 Å². The molecule has 1 aromatic rings. The summed E-state index contributed by atoms with van der Waals surface area (Å²) in [4.78, 5) is 29.3. The number of halogens is 1. The number of anilines is 1. The van der Waals surface area contributed by atoms with Crippen molar-refractivity contribution >= 4 is 29.9 Å². The summed E-state index contributed by atoms with van der Waals surface area (Å²) in [6.45, 7) is 6.19. The molecule has 1 aromatic carbocycles. The molecule has 26 heavy (non-hydrogen) atoms. The normalized spacial score (nSPS) is 30.5. The quantitative estimate of drug-likeness (QED) is 0.859. The Hall–Kier alpha value is -1.59. The van der Waals surface area contributed by atoms with Crippen LogP contribution in [0.3, 0.4) is 0 Å². The van der Waals surface area contributed by atoms with Gasteiger partial charge in [-0.1, -0.05) is 12.1 Å². The SMILES string of the molecule is Cc1cccc(N2CC(C(=O)N3CC4CCC(N)C4C3)CC2=O)c1C.Cl. The van der Waals surface area contributed by atoms with Crippen molar-refractivity contribution in [1.82, 2.24) is 4.90 Å². The first-order valence-corrected chi connectivity index (χ1v) is 9.36. The smallest absolute Gasteiger partial charge is 0.228 e. The molecular weight excluding hydrogens is 350 g/mol. The Morgan fingerprint density at radius 1 is 1.15 bits per heavy atom. The van der Waals surface area contributed by atoms with Crippen molar-refractivity contribution in [2.45, 2.75) is 39.2 Å². The number of nitrogens with two attached hydrogens (primary N) is 1. The van der Waals surface area contributed by atoms with Crippen molar-refractivity contribution in [3.63, 3.8) is 0 Å². The molecule has 4 rings (SSSR count). The number of carbonyl (C=O) groups is 2. The largest absolute Gasteiger partial charge is 0.342 e. The standard InChI is InChI=1S/C20H27N3O2.ClH/c1-12-4-3-5-18(13(12)2)23-10-15(8-19(23)24)20(25)22-9-14-6-7-17(21)16(14)11-22;/h3-5,14-17H,6-11,21H2,1-2H3;1H. The van der Waals surface area contributed by atoms with Crippen molar-refractivity contribution in [2.75, 3.05) is 24.5 Å². The van der Waals surface area contributed by atoms with Gasteiger partial charge in [-0.15, -0.1) is 12.4 Å². The number of fused-ring (bicyclic) bond motifs is 1. The maximum absolute atomic E-state index is 13.0. The predicted molar refractivity (Wildman–Crippen MR) is 104 cm³/mol. The average molecular weight is 378 g/mol. The van der Waals surface area contributed by atoms with Gasteiger partial charge in [-0.05, 0) is 55.7 Å². The van der Waals surface area contributed by atoms with Crippen molar-refractivity contribution < 1.29 is 9.59 Å². The van der Waals surface area contributed by atoms with E-state index in [9.17, 15) is 9.59 Å². The van der Waals surface area contributed by atoms with Crippen LogP contribution in [0.4, 0.5) is 5.69 Å². The molecule has 2 N–H and O–H groups in total. The van der Waals surface area contributed by atoms with Gasteiger partial charge >= 0.3 is 0 Å². The molecule has 3 fully saturated rings. The van der Waals surface area contributed by atoms with Gasteiger partial charge in [0.25, 0.3) is 0 Å². The molecule has 6 heteroatoms. The lowest BCUT2D eigenvalue weighted by molar-refractivity contribution is -0.135. The fourth-order valence-electron chi connectivity index (χ4n) is 4.88. The van der Waals surface area contributed by atoms with E-state index in [1.807, 2.05) is 36.9 Å². The first kappa shape index (κ1) is 19.2. The molecular formula is C20H28ClN3O2. The van der Waals surface area contributed by atoms with Gasteiger partial charge in [0.1, 0.15) is 0 Å². The van der Waals surface area contributed by atoms with Gasteiger partial charge in [0.2, 0.25) is 11.8 Å². The van der Waals surface area contributed by atoms with Crippen LogP contribution in [0.2, 0.25) is 0 Å². The molecule has 3 aliphatic rings. The number of aryl methyl sites for hydroxylation is 1. The highest BCUT2D eigenvalue weighted by Gasteiger charge is 2.45. The monoisotopic (exact) mass is 377 g/mol. The van der Waals surface area contributed by atoms with Gasteiger partial charge in [0, 0.05) is 37.8 Å². The first-order valence-electron chi connectivity index (χ1n) is 9.36. The number of amides is 2. The molecule has 2 aliphatic heterocycles. The minimum absolute atomic E-state index is 0. The topological polar surface area (TPSA) is 66.6 Å². The lowest BCUT2D eigenvalue weighted by Gasteiger charge is -2.23. The van der Waals surface area contributed by atoms with Crippen LogP contribution in [0.1, 0.15) is 30.4 Å². The van der Waals surface area contributed by atoms with Gasteiger partial charge in [0.15, 0.2) is 0 Å². The van der Waals surface area contributed by atoms with Gasteiger partial charge in [-0.25, -0.2) is 0 Å². The van der Waals surface area contributed by atoms with E-state index >= 15 is 0 Å². The zero-order chi connectivity index (χ0) is 17.7. The highest BCUT2D eigenvalue weighted by Crippen LogP contribution is 2.38. The molecule has 0 aromatic heterocycles. The van der Waals surface area contributed by atoms with E-state index < -0.39 is 0 Å². The van der Waals surface area contributed by atoms with Crippen molar-refractivity contribution in [3.05, 3.63) is 29.3 Å². The molecule has 0 radical (unpaired) electrons. The first-order chi connectivity index (χ1) is 12.0. The van der Waals surface area contributed by atoms with E-state index in [0.717, 1.165) is 37.2 Å². The molecule has 4 unspecified atom stereocenters. The fourth-order valence-corrected chi connectivity index (χ4v) is 4.88. The van der Waals surface area contributed by atoms with Crippen LogP contribution in [-0.4, -0.2) is 42.4 Å². The van der Waals surface area contributed by atoms with Gasteiger partial charge in [-0.3, -0.25) is 9.59 Å². The third kappa shape index (κ3) is 3.12. The summed E-state index contributed by atoms with van der Waals surface area (Å²) in [5.41, 5.74) is 9.42. The van der Waals surface area contributed by atoms with Crippen molar-refractivity contribution in [2.24, 2.45) is 23.5 Å². The molecule has 4 atom stereocenters. The molecule has 2 saturated heterocycles. The van der Waals surface area contributed by atoms with Gasteiger partial charge < -0.3 is 15.5 Å². The van der Waals surface area contributed by atoms with E-state index in [1.165, 1.54) is 5.56 Å². The average Bonchev–Trinajstić information content (AvgIpc) is 3.26.